The van der Waals surface area contributed by atoms with Crippen LogP contribution in [-0.2, 0) is 22.5 Å². The maximum Gasteiger partial charge on any atom is 0.254 e. The van der Waals surface area contributed by atoms with Gasteiger partial charge in [0, 0.05) is 56.0 Å². The van der Waals surface area contributed by atoms with Crippen LogP contribution in [-0.4, -0.2) is 59.9 Å². The van der Waals surface area contributed by atoms with Crippen molar-refractivity contribution in [2.75, 3.05) is 33.4 Å². The molecule has 1 N–H and O–H groups in total. The molecular formula is C31H34FN3O3. The Bertz CT molecular complexity index is 1350. The lowest BCUT2D eigenvalue weighted by atomic mass is 10.1. The van der Waals surface area contributed by atoms with Crippen molar-refractivity contribution < 1.29 is 18.7 Å². The van der Waals surface area contributed by atoms with Gasteiger partial charge in [-0.3, -0.25) is 9.59 Å². The molecule has 198 valence electrons. The van der Waals surface area contributed by atoms with E-state index in [9.17, 15) is 14.0 Å². The van der Waals surface area contributed by atoms with Crippen molar-refractivity contribution >= 4 is 22.7 Å². The van der Waals surface area contributed by atoms with Crippen LogP contribution in [0.1, 0.15) is 33.5 Å². The van der Waals surface area contributed by atoms with Crippen LogP contribution in [0.25, 0.3) is 10.9 Å². The Hall–Kier alpha value is -3.97. The number of carbonyl (C=O) groups is 2. The van der Waals surface area contributed by atoms with Gasteiger partial charge in [0.15, 0.2) is 0 Å². The number of halogens is 1. The van der Waals surface area contributed by atoms with Gasteiger partial charge in [-0.25, -0.2) is 4.39 Å². The molecule has 0 atom stereocenters. The van der Waals surface area contributed by atoms with Gasteiger partial charge < -0.3 is 19.5 Å². The molecule has 7 heteroatoms. The normalized spacial score (nSPS) is 11.0. The van der Waals surface area contributed by atoms with Crippen molar-refractivity contribution in [3.63, 3.8) is 0 Å². The number of amides is 2. The highest BCUT2D eigenvalue weighted by Crippen LogP contribution is 2.19. The Morgan fingerprint density at radius 1 is 0.921 bits per heavy atom. The first-order chi connectivity index (χ1) is 18.4. The molecular weight excluding hydrogens is 481 g/mol. The van der Waals surface area contributed by atoms with Crippen LogP contribution in [0.4, 0.5) is 4.39 Å². The van der Waals surface area contributed by atoms with E-state index in [2.05, 4.69) is 11.1 Å². The summed E-state index contributed by atoms with van der Waals surface area (Å²) < 4.78 is 18.6. The Morgan fingerprint density at radius 2 is 1.66 bits per heavy atom. The Kier molecular flexibility index (Phi) is 9.27. The zero-order valence-corrected chi connectivity index (χ0v) is 22.0. The van der Waals surface area contributed by atoms with Gasteiger partial charge in [-0.05, 0) is 61.2 Å². The lowest BCUT2D eigenvalue weighted by Crippen LogP contribution is -2.44. The van der Waals surface area contributed by atoms with Crippen LogP contribution in [0.3, 0.4) is 0 Å². The number of nitrogens with zero attached hydrogens (tertiary/aromatic N) is 2. The molecule has 0 saturated heterocycles. The second kappa shape index (κ2) is 13.0. The van der Waals surface area contributed by atoms with Gasteiger partial charge in [0.2, 0.25) is 5.91 Å². The predicted molar refractivity (Wildman–Crippen MR) is 147 cm³/mol. The molecule has 0 saturated carbocycles. The van der Waals surface area contributed by atoms with E-state index in [1.807, 2.05) is 60.5 Å². The van der Waals surface area contributed by atoms with Gasteiger partial charge >= 0.3 is 0 Å². The summed E-state index contributed by atoms with van der Waals surface area (Å²) in [6.45, 7) is 3.73. The number of H-pyrrole nitrogens is 1. The number of ether oxygens (including phenoxy) is 1. The van der Waals surface area contributed by atoms with Crippen LogP contribution < -0.4 is 0 Å². The number of methoxy groups -OCH3 is 1. The molecule has 2 amide bonds. The highest BCUT2D eigenvalue weighted by Gasteiger charge is 2.23. The Labute approximate surface area is 223 Å². The number of aryl methyl sites for hydroxylation is 1. The lowest BCUT2D eigenvalue weighted by molar-refractivity contribution is -0.132. The summed E-state index contributed by atoms with van der Waals surface area (Å²) in [6, 6.07) is 21.7. The monoisotopic (exact) mass is 515 g/mol. The maximum absolute atomic E-state index is 13.7. The lowest BCUT2D eigenvalue weighted by Gasteiger charge is -2.28. The molecule has 0 radical (unpaired) electrons. The number of carbonyl (C=O) groups excluding carboxylic acids is 2. The maximum atomic E-state index is 13.7. The van der Waals surface area contributed by atoms with Crippen molar-refractivity contribution in [2.45, 2.75) is 26.3 Å². The molecule has 0 spiro atoms. The largest absolute Gasteiger partial charge is 0.385 e. The second-order valence-electron chi connectivity index (χ2n) is 9.49. The van der Waals surface area contributed by atoms with Crippen molar-refractivity contribution in [3.05, 3.63) is 107 Å². The molecule has 3 aromatic carbocycles. The van der Waals surface area contributed by atoms with E-state index in [0.717, 1.165) is 27.6 Å². The van der Waals surface area contributed by atoms with Crippen molar-refractivity contribution in [1.82, 2.24) is 14.8 Å². The molecule has 0 bridgehead atoms. The fourth-order valence-corrected chi connectivity index (χ4v) is 4.49. The summed E-state index contributed by atoms with van der Waals surface area (Å²) >= 11 is 0. The van der Waals surface area contributed by atoms with Crippen LogP contribution in [0, 0.1) is 12.7 Å². The smallest absolute Gasteiger partial charge is 0.254 e. The van der Waals surface area contributed by atoms with Crippen molar-refractivity contribution in [1.29, 1.82) is 0 Å². The Balaban J connectivity index is 1.53. The third-order valence-corrected chi connectivity index (χ3v) is 6.65. The average molecular weight is 516 g/mol. The quantitative estimate of drug-likeness (QED) is 0.258. The van der Waals surface area contributed by atoms with E-state index in [-0.39, 0.29) is 18.4 Å². The number of aromatic nitrogens is 1. The second-order valence-corrected chi connectivity index (χ2v) is 9.49. The van der Waals surface area contributed by atoms with E-state index in [1.54, 1.807) is 7.11 Å². The third kappa shape index (κ3) is 7.07. The van der Waals surface area contributed by atoms with Gasteiger partial charge in [0.1, 0.15) is 12.4 Å². The number of aromatic amines is 1. The van der Waals surface area contributed by atoms with Gasteiger partial charge in [-0.2, -0.15) is 0 Å². The number of hydrogen-bond donors (Lipinski definition) is 1. The minimum absolute atomic E-state index is 0.0698. The molecule has 4 aromatic rings. The summed E-state index contributed by atoms with van der Waals surface area (Å²) in [5, 5.41) is 1.14. The molecule has 0 aliphatic heterocycles. The van der Waals surface area contributed by atoms with E-state index >= 15 is 0 Å². The van der Waals surface area contributed by atoms with E-state index in [1.165, 1.54) is 29.2 Å². The molecule has 0 fully saturated rings. The predicted octanol–water partition coefficient (Wildman–Crippen LogP) is 5.37. The average Bonchev–Trinajstić information content (AvgIpc) is 3.34. The summed E-state index contributed by atoms with van der Waals surface area (Å²) in [5.41, 5.74) is 4.73. The van der Waals surface area contributed by atoms with Gasteiger partial charge in [-0.1, -0.05) is 48.0 Å². The summed E-state index contributed by atoms with van der Waals surface area (Å²) in [6.07, 6.45) is 3.26. The summed E-state index contributed by atoms with van der Waals surface area (Å²) in [4.78, 5) is 33.6. The summed E-state index contributed by atoms with van der Waals surface area (Å²) in [7, 11) is 1.60. The van der Waals surface area contributed by atoms with E-state index in [0.29, 0.717) is 44.6 Å². The summed E-state index contributed by atoms with van der Waals surface area (Å²) in [5.74, 6) is -0.857. The molecule has 1 aromatic heterocycles. The molecule has 6 nitrogen and oxygen atoms in total. The van der Waals surface area contributed by atoms with Gasteiger partial charge in [0.25, 0.3) is 5.91 Å². The molecule has 1 heterocycles. The number of benzene rings is 3. The first kappa shape index (κ1) is 27.1. The van der Waals surface area contributed by atoms with Crippen LogP contribution in [0.15, 0.2) is 79.0 Å². The molecule has 0 unspecified atom stereocenters. The SMILES string of the molecule is COCCCN(CC(=O)N(CCc1c[nH]c2ccccc12)Cc1ccc(C)cc1)C(=O)c1ccc(F)cc1. The first-order valence-corrected chi connectivity index (χ1v) is 12.9. The Morgan fingerprint density at radius 3 is 2.39 bits per heavy atom. The fraction of sp³-hybridized carbons (Fsp3) is 0.290. The highest BCUT2D eigenvalue weighted by atomic mass is 19.1. The number of nitrogens with one attached hydrogen (secondary N) is 1. The zero-order valence-electron chi connectivity index (χ0n) is 22.0. The minimum atomic E-state index is -0.412. The number of rotatable bonds is 12. The van der Waals surface area contributed by atoms with Crippen LogP contribution in [0.2, 0.25) is 0 Å². The van der Waals surface area contributed by atoms with Gasteiger partial charge in [-0.15, -0.1) is 0 Å². The molecule has 0 aliphatic rings. The number of fused-ring (bicyclic) bond motifs is 1. The molecule has 38 heavy (non-hydrogen) atoms. The van der Waals surface area contributed by atoms with Gasteiger partial charge in [0.05, 0.1) is 0 Å². The minimum Gasteiger partial charge on any atom is -0.385 e. The standard InChI is InChI=1S/C31H34FN3O3/c1-23-8-10-24(11-9-23)21-34(18-16-26-20-33-29-7-4-3-6-28(26)29)30(36)22-35(17-5-19-38-2)31(37)25-12-14-27(32)15-13-25/h3-4,6-15,20,33H,5,16-19,21-22H2,1-2H3. The van der Waals surface area contributed by atoms with Crippen molar-refractivity contribution in [3.8, 4) is 0 Å². The van der Waals surface area contributed by atoms with E-state index in [4.69, 9.17) is 4.74 Å². The van der Waals surface area contributed by atoms with E-state index < -0.39 is 5.82 Å². The number of para-hydroxylation sites is 1. The zero-order chi connectivity index (χ0) is 26.9. The topological polar surface area (TPSA) is 65.6 Å². The molecule has 4 rings (SSSR count). The van der Waals surface area contributed by atoms with Crippen LogP contribution in [0.5, 0.6) is 0 Å². The highest BCUT2D eigenvalue weighted by molar-refractivity contribution is 5.96. The molecule has 0 aliphatic carbocycles. The fourth-order valence-electron chi connectivity index (χ4n) is 4.49. The third-order valence-electron chi connectivity index (χ3n) is 6.65. The van der Waals surface area contributed by atoms with Crippen molar-refractivity contribution in [2.24, 2.45) is 0 Å². The first-order valence-electron chi connectivity index (χ1n) is 12.9. The van der Waals surface area contributed by atoms with Crippen LogP contribution >= 0.6 is 0 Å². The number of hydrogen-bond acceptors (Lipinski definition) is 3.